The average molecular weight is 285 g/mol. The number of benzene rings is 1. The minimum atomic E-state index is 0.683. The van der Waals surface area contributed by atoms with E-state index in [0.717, 1.165) is 30.0 Å². The Morgan fingerprint density at radius 1 is 1.24 bits per heavy atom. The van der Waals surface area contributed by atoms with Crippen LogP contribution in [0.2, 0.25) is 0 Å². The minimum Gasteiger partial charge on any atom is -0.399 e. The molecule has 2 N–H and O–H groups in total. The first kappa shape index (κ1) is 14.1. The number of aryl methyl sites for hydroxylation is 1. The summed E-state index contributed by atoms with van der Waals surface area (Å²) < 4.78 is 1.95. The summed E-state index contributed by atoms with van der Waals surface area (Å²) in [6, 6.07) is 8.37. The quantitative estimate of drug-likeness (QED) is 0.876. The fourth-order valence-corrected chi connectivity index (χ4v) is 2.96. The molecule has 5 heteroatoms. The first-order valence-electron chi connectivity index (χ1n) is 7.68. The second-order valence-electron chi connectivity index (χ2n) is 5.87. The fourth-order valence-electron chi connectivity index (χ4n) is 2.96. The van der Waals surface area contributed by atoms with Crippen molar-refractivity contribution in [3.8, 4) is 11.4 Å². The maximum atomic E-state index is 5.70. The van der Waals surface area contributed by atoms with Crippen molar-refractivity contribution in [2.24, 2.45) is 0 Å². The summed E-state index contributed by atoms with van der Waals surface area (Å²) >= 11 is 0. The third kappa shape index (κ3) is 3.42. The van der Waals surface area contributed by atoms with Gasteiger partial charge in [0.05, 0.1) is 0 Å². The molecule has 0 amide bonds. The van der Waals surface area contributed by atoms with Gasteiger partial charge in [0.1, 0.15) is 6.33 Å². The van der Waals surface area contributed by atoms with Crippen molar-refractivity contribution in [3.05, 3.63) is 30.6 Å². The van der Waals surface area contributed by atoms with Gasteiger partial charge in [-0.05, 0) is 57.1 Å². The van der Waals surface area contributed by atoms with E-state index in [-0.39, 0.29) is 0 Å². The van der Waals surface area contributed by atoms with Gasteiger partial charge in [-0.3, -0.25) is 4.68 Å². The van der Waals surface area contributed by atoms with Crippen LogP contribution in [0.1, 0.15) is 25.7 Å². The topological polar surface area (TPSA) is 60.0 Å². The van der Waals surface area contributed by atoms with Crippen molar-refractivity contribution in [2.45, 2.75) is 38.3 Å². The van der Waals surface area contributed by atoms with E-state index in [1.54, 1.807) is 0 Å². The van der Waals surface area contributed by atoms with Crippen molar-refractivity contribution >= 4 is 5.69 Å². The number of hydrogen-bond donors (Lipinski definition) is 1. The molecule has 3 rings (SSSR count). The highest BCUT2D eigenvalue weighted by atomic mass is 15.3. The largest absolute Gasteiger partial charge is 0.399 e. The van der Waals surface area contributed by atoms with Crippen LogP contribution in [0.3, 0.4) is 0 Å². The number of nitrogens with two attached hydrogens (primary N) is 1. The molecule has 112 valence electrons. The molecule has 0 radical (unpaired) electrons. The first-order chi connectivity index (χ1) is 10.2. The highest BCUT2D eigenvalue weighted by Crippen LogP contribution is 2.19. The lowest BCUT2D eigenvalue weighted by Crippen LogP contribution is -2.36. The number of hydrogen-bond acceptors (Lipinski definition) is 4. The summed E-state index contributed by atoms with van der Waals surface area (Å²) in [6.45, 7) is 2.15. The lowest BCUT2D eigenvalue weighted by atomic mass is 10.0. The van der Waals surface area contributed by atoms with Crippen molar-refractivity contribution in [1.82, 2.24) is 19.7 Å². The summed E-state index contributed by atoms with van der Waals surface area (Å²) in [5, 5.41) is 4.57. The van der Waals surface area contributed by atoms with E-state index in [9.17, 15) is 0 Å². The zero-order chi connectivity index (χ0) is 14.7. The highest BCUT2D eigenvalue weighted by molar-refractivity contribution is 5.57. The van der Waals surface area contributed by atoms with Gasteiger partial charge in [0, 0.05) is 23.8 Å². The maximum absolute atomic E-state index is 5.70. The van der Waals surface area contributed by atoms with E-state index in [2.05, 4.69) is 22.0 Å². The standard InChI is InChI=1S/C16H23N5/c1-20-10-3-2-4-15(20)9-11-21-12-18-16(19-21)13-5-7-14(17)8-6-13/h5-8,12,15H,2-4,9-11,17H2,1H3. The van der Waals surface area contributed by atoms with Gasteiger partial charge in [-0.1, -0.05) is 6.42 Å². The van der Waals surface area contributed by atoms with Crippen LogP contribution in [0.15, 0.2) is 30.6 Å². The van der Waals surface area contributed by atoms with Gasteiger partial charge in [0.15, 0.2) is 5.82 Å². The van der Waals surface area contributed by atoms with Crippen molar-refractivity contribution in [1.29, 1.82) is 0 Å². The van der Waals surface area contributed by atoms with Crippen LogP contribution in [0.4, 0.5) is 5.69 Å². The number of piperidine rings is 1. The number of anilines is 1. The molecule has 0 aliphatic carbocycles. The predicted octanol–water partition coefficient (Wildman–Crippen LogP) is 2.40. The lowest BCUT2D eigenvalue weighted by Gasteiger charge is -2.32. The number of likely N-dealkylation sites (tertiary alicyclic amines) is 1. The molecule has 1 aromatic heterocycles. The molecule has 1 unspecified atom stereocenters. The van der Waals surface area contributed by atoms with Crippen molar-refractivity contribution in [3.63, 3.8) is 0 Å². The molecule has 5 nitrogen and oxygen atoms in total. The molecule has 2 heterocycles. The zero-order valence-electron chi connectivity index (χ0n) is 12.6. The monoisotopic (exact) mass is 285 g/mol. The Morgan fingerprint density at radius 2 is 2.05 bits per heavy atom. The van der Waals surface area contributed by atoms with E-state index in [0.29, 0.717) is 6.04 Å². The third-order valence-electron chi connectivity index (χ3n) is 4.32. The van der Waals surface area contributed by atoms with Gasteiger partial charge in [-0.15, -0.1) is 0 Å². The lowest BCUT2D eigenvalue weighted by molar-refractivity contribution is 0.169. The van der Waals surface area contributed by atoms with E-state index in [1.807, 2.05) is 35.3 Å². The van der Waals surface area contributed by atoms with E-state index < -0.39 is 0 Å². The summed E-state index contributed by atoms with van der Waals surface area (Å²) in [7, 11) is 2.23. The normalized spacial score (nSPS) is 19.8. The molecule has 1 atom stereocenters. The molecule has 0 spiro atoms. The van der Waals surface area contributed by atoms with Gasteiger partial charge in [-0.2, -0.15) is 5.10 Å². The Hall–Kier alpha value is -1.88. The molecule has 1 aromatic carbocycles. The SMILES string of the molecule is CN1CCCCC1CCn1cnc(-c2ccc(N)cc2)n1. The van der Waals surface area contributed by atoms with E-state index >= 15 is 0 Å². The van der Waals surface area contributed by atoms with Crippen molar-refractivity contribution < 1.29 is 0 Å². The van der Waals surface area contributed by atoms with Gasteiger partial charge in [0.2, 0.25) is 0 Å². The fraction of sp³-hybridized carbons (Fsp3) is 0.500. The third-order valence-corrected chi connectivity index (χ3v) is 4.32. The number of aromatic nitrogens is 3. The van der Waals surface area contributed by atoms with Gasteiger partial charge in [-0.25, -0.2) is 4.98 Å². The van der Waals surface area contributed by atoms with Gasteiger partial charge >= 0.3 is 0 Å². The molecule has 1 aliphatic rings. The number of nitrogens with zero attached hydrogens (tertiary/aromatic N) is 4. The summed E-state index contributed by atoms with van der Waals surface area (Å²) in [4.78, 5) is 6.87. The second-order valence-corrected chi connectivity index (χ2v) is 5.87. The van der Waals surface area contributed by atoms with Crippen LogP contribution in [0.25, 0.3) is 11.4 Å². The average Bonchev–Trinajstić information content (AvgIpc) is 2.96. The molecule has 0 saturated carbocycles. The minimum absolute atomic E-state index is 0.683. The van der Waals surface area contributed by atoms with Crippen LogP contribution >= 0.6 is 0 Å². The zero-order valence-corrected chi connectivity index (χ0v) is 12.6. The smallest absolute Gasteiger partial charge is 0.181 e. The van der Waals surface area contributed by atoms with Crippen LogP contribution in [0.5, 0.6) is 0 Å². The maximum Gasteiger partial charge on any atom is 0.181 e. The number of rotatable bonds is 4. The predicted molar refractivity (Wildman–Crippen MR) is 84.8 cm³/mol. The second kappa shape index (κ2) is 6.26. The van der Waals surface area contributed by atoms with Crippen LogP contribution in [-0.2, 0) is 6.54 Å². The Labute approximate surface area is 125 Å². The van der Waals surface area contributed by atoms with Crippen LogP contribution < -0.4 is 5.73 Å². The summed E-state index contributed by atoms with van der Waals surface area (Å²) in [6.07, 6.45) is 6.95. The van der Waals surface area contributed by atoms with E-state index in [1.165, 1.54) is 25.8 Å². The molecule has 1 saturated heterocycles. The molecular weight excluding hydrogens is 262 g/mol. The first-order valence-corrected chi connectivity index (χ1v) is 7.68. The molecule has 0 bridgehead atoms. The summed E-state index contributed by atoms with van der Waals surface area (Å²) in [5.74, 6) is 0.770. The molecule has 21 heavy (non-hydrogen) atoms. The van der Waals surface area contributed by atoms with E-state index in [4.69, 9.17) is 5.73 Å². The number of nitrogen functional groups attached to an aromatic ring is 1. The van der Waals surface area contributed by atoms with Crippen LogP contribution in [-0.4, -0.2) is 39.3 Å². The molecule has 1 aliphatic heterocycles. The van der Waals surface area contributed by atoms with Gasteiger partial charge < -0.3 is 10.6 Å². The molecule has 2 aromatic rings. The van der Waals surface area contributed by atoms with Crippen LogP contribution in [0, 0.1) is 0 Å². The summed E-state index contributed by atoms with van der Waals surface area (Å²) in [5.41, 5.74) is 7.48. The van der Waals surface area contributed by atoms with Gasteiger partial charge in [0.25, 0.3) is 0 Å². The Bertz CT molecular complexity index is 575. The Morgan fingerprint density at radius 3 is 2.81 bits per heavy atom. The molecule has 1 fully saturated rings. The Balaban J connectivity index is 1.61. The van der Waals surface area contributed by atoms with Crippen molar-refractivity contribution in [2.75, 3.05) is 19.3 Å². The highest BCUT2D eigenvalue weighted by Gasteiger charge is 2.18. The molecular formula is C16H23N5. The Kier molecular flexibility index (Phi) is 4.20.